The number of nitrogens with zero attached hydrogens (tertiary/aromatic N) is 4. The maximum atomic E-state index is 4.42. The second-order valence-corrected chi connectivity index (χ2v) is 6.45. The molecule has 5 heteroatoms. The number of fused-ring (bicyclic) bond motifs is 1. The van der Waals surface area contributed by atoms with Crippen molar-refractivity contribution in [3.05, 3.63) is 24.0 Å². The molecule has 1 unspecified atom stereocenters. The van der Waals surface area contributed by atoms with E-state index < -0.39 is 0 Å². The average Bonchev–Trinajstić information content (AvgIpc) is 3.21. The van der Waals surface area contributed by atoms with Crippen molar-refractivity contribution < 1.29 is 0 Å². The molecule has 5 nitrogen and oxygen atoms in total. The fourth-order valence-corrected chi connectivity index (χ4v) is 3.34. The number of rotatable bonds is 4. The molecule has 0 aromatic carbocycles. The molecule has 1 aliphatic heterocycles. The highest BCUT2D eigenvalue weighted by molar-refractivity contribution is 5.53. The summed E-state index contributed by atoms with van der Waals surface area (Å²) in [4.78, 5) is 6.89. The van der Waals surface area contributed by atoms with Gasteiger partial charge in [-0.2, -0.15) is 9.61 Å². The van der Waals surface area contributed by atoms with Crippen LogP contribution < -0.4 is 10.2 Å². The van der Waals surface area contributed by atoms with Gasteiger partial charge >= 0.3 is 0 Å². The van der Waals surface area contributed by atoms with Crippen LogP contribution in [0.4, 0.5) is 5.82 Å². The maximum Gasteiger partial charge on any atom is 0.157 e. The van der Waals surface area contributed by atoms with E-state index in [4.69, 9.17) is 0 Å². The van der Waals surface area contributed by atoms with Crippen molar-refractivity contribution in [2.45, 2.75) is 51.1 Å². The molecule has 1 saturated heterocycles. The Morgan fingerprint density at radius 3 is 3.00 bits per heavy atom. The van der Waals surface area contributed by atoms with Crippen molar-refractivity contribution in [1.82, 2.24) is 19.9 Å². The Labute approximate surface area is 125 Å². The molecule has 2 aliphatic rings. The fourth-order valence-electron chi connectivity index (χ4n) is 3.34. The van der Waals surface area contributed by atoms with Crippen LogP contribution in [-0.2, 0) is 0 Å². The lowest BCUT2D eigenvalue weighted by Crippen LogP contribution is -2.46. The zero-order valence-electron chi connectivity index (χ0n) is 12.6. The van der Waals surface area contributed by atoms with Crippen LogP contribution in [0.15, 0.2) is 18.5 Å². The van der Waals surface area contributed by atoms with Crippen LogP contribution in [0.2, 0.25) is 0 Å². The largest absolute Gasteiger partial charge is 0.352 e. The summed E-state index contributed by atoms with van der Waals surface area (Å²) in [5, 5.41) is 8.12. The number of hydrogen-bond donors (Lipinski definition) is 1. The third-order valence-corrected chi connectivity index (χ3v) is 4.65. The Hall–Kier alpha value is -1.62. The Balaban J connectivity index is 1.65. The molecule has 4 rings (SSSR count). The summed E-state index contributed by atoms with van der Waals surface area (Å²) in [6, 6.07) is 5.70. The number of aryl methyl sites for hydroxylation is 1. The molecule has 1 saturated carbocycles. The smallest absolute Gasteiger partial charge is 0.157 e. The first kappa shape index (κ1) is 13.1. The highest BCUT2D eigenvalue weighted by atomic mass is 15.4. The van der Waals surface area contributed by atoms with Gasteiger partial charge in [0.1, 0.15) is 12.1 Å². The van der Waals surface area contributed by atoms with Gasteiger partial charge < -0.3 is 10.2 Å². The van der Waals surface area contributed by atoms with Gasteiger partial charge in [0.25, 0.3) is 0 Å². The van der Waals surface area contributed by atoms with Crippen LogP contribution in [0, 0.1) is 6.92 Å². The lowest BCUT2D eigenvalue weighted by atomic mass is 10.0. The summed E-state index contributed by atoms with van der Waals surface area (Å²) >= 11 is 0. The predicted octanol–water partition coefficient (Wildman–Crippen LogP) is 2.15. The first-order valence-electron chi connectivity index (χ1n) is 8.12. The predicted molar refractivity (Wildman–Crippen MR) is 83.7 cm³/mol. The van der Waals surface area contributed by atoms with Crippen molar-refractivity contribution in [2.24, 2.45) is 0 Å². The van der Waals surface area contributed by atoms with Gasteiger partial charge in [-0.1, -0.05) is 0 Å². The minimum Gasteiger partial charge on any atom is -0.352 e. The van der Waals surface area contributed by atoms with E-state index in [1.807, 2.05) is 4.52 Å². The molecule has 21 heavy (non-hydrogen) atoms. The van der Waals surface area contributed by atoms with Gasteiger partial charge in [0.2, 0.25) is 0 Å². The molecule has 2 aromatic heterocycles. The van der Waals surface area contributed by atoms with Crippen LogP contribution in [0.3, 0.4) is 0 Å². The van der Waals surface area contributed by atoms with Crippen LogP contribution >= 0.6 is 0 Å². The zero-order chi connectivity index (χ0) is 14.2. The lowest BCUT2D eigenvalue weighted by molar-refractivity contribution is 0.429. The van der Waals surface area contributed by atoms with Crippen molar-refractivity contribution in [3.63, 3.8) is 0 Å². The van der Waals surface area contributed by atoms with Gasteiger partial charge in [0.05, 0.1) is 0 Å². The van der Waals surface area contributed by atoms with E-state index in [0.717, 1.165) is 24.8 Å². The first-order chi connectivity index (χ1) is 10.3. The van der Waals surface area contributed by atoms with Crippen molar-refractivity contribution in [2.75, 3.05) is 18.0 Å². The molecule has 112 valence electrons. The van der Waals surface area contributed by atoms with Gasteiger partial charge in [0.15, 0.2) is 5.65 Å². The zero-order valence-corrected chi connectivity index (χ0v) is 12.6. The number of nitrogens with one attached hydrogen (secondary N) is 1. The molecule has 2 aromatic rings. The minimum absolute atomic E-state index is 0.577. The van der Waals surface area contributed by atoms with Crippen molar-refractivity contribution in [1.29, 1.82) is 0 Å². The van der Waals surface area contributed by atoms with E-state index in [2.05, 4.69) is 39.4 Å². The highest BCUT2D eigenvalue weighted by Gasteiger charge is 2.28. The molecule has 0 radical (unpaired) electrons. The highest BCUT2D eigenvalue weighted by Crippen LogP contribution is 2.27. The Bertz CT molecular complexity index is 631. The molecule has 1 N–H and O–H groups in total. The molecule has 3 heterocycles. The number of hydrogen-bond acceptors (Lipinski definition) is 4. The van der Waals surface area contributed by atoms with Crippen LogP contribution in [-0.4, -0.2) is 39.8 Å². The van der Waals surface area contributed by atoms with Gasteiger partial charge in [-0.05, 0) is 56.7 Å². The van der Waals surface area contributed by atoms with Crippen molar-refractivity contribution >= 4 is 11.5 Å². The summed E-state index contributed by atoms with van der Waals surface area (Å²) in [5.74, 6) is 1.20. The summed E-state index contributed by atoms with van der Waals surface area (Å²) in [7, 11) is 0. The number of pyridine rings is 1. The standard InChI is InChI=1S/C16H23N5/c1-12-8-15-18-11-19-21(15)16(9-12)20-7-3-2-4-14(20)10-17-13-5-6-13/h8-9,11,13-14,17H,2-7,10H2,1H3. The molecule has 0 spiro atoms. The molecular formula is C16H23N5. The molecule has 1 aliphatic carbocycles. The van der Waals surface area contributed by atoms with E-state index in [1.54, 1.807) is 6.33 Å². The van der Waals surface area contributed by atoms with E-state index in [-0.39, 0.29) is 0 Å². The third kappa shape index (κ3) is 2.62. The summed E-state index contributed by atoms with van der Waals surface area (Å²) in [5.41, 5.74) is 2.20. The van der Waals surface area contributed by atoms with Gasteiger partial charge in [-0.15, -0.1) is 0 Å². The minimum atomic E-state index is 0.577. The monoisotopic (exact) mass is 285 g/mol. The lowest BCUT2D eigenvalue weighted by Gasteiger charge is -2.37. The number of piperidine rings is 1. The summed E-state index contributed by atoms with van der Waals surface area (Å²) in [6.07, 6.45) is 8.22. The van der Waals surface area contributed by atoms with E-state index >= 15 is 0 Å². The van der Waals surface area contributed by atoms with E-state index in [9.17, 15) is 0 Å². The molecule has 0 amide bonds. The average molecular weight is 285 g/mol. The summed E-state index contributed by atoms with van der Waals surface area (Å²) in [6.45, 7) is 4.35. The fraction of sp³-hybridized carbons (Fsp3) is 0.625. The SMILES string of the molecule is Cc1cc(N2CCCCC2CNC2CC2)n2ncnc2c1. The normalized spacial score (nSPS) is 22.9. The number of aromatic nitrogens is 3. The Kier molecular flexibility index (Phi) is 3.30. The summed E-state index contributed by atoms with van der Waals surface area (Å²) < 4.78 is 1.99. The van der Waals surface area contributed by atoms with Crippen LogP contribution in [0.1, 0.15) is 37.7 Å². The van der Waals surface area contributed by atoms with E-state index in [0.29, 0.717) is 6.04 Å². The van der Waals surface area contributed by atoms with E-state index in [1.165, 1.54) is 43.5 Å². The topological polar surface area (TPSA) is 45.5 Å². The first-order valence-corrected chi connectivity index (χ1v) is 8.12. The Morgan fingerprint density at radius 2 is 2.14 bits per heavy atom. The van der Waals surface area contributed by atoms with Crippen molar-refractivity contribution in [3.8, 4) is 0 Å². The van der Waals surface area contributed by atoms with Gasteiger partial charge in [-0.25, -0.2) is 4.98 Å². The van der Waals surface area contributed by atoms with Crippen LogP contribution in [0.25, 0.3) is 5.65 Å². The maximum absolute atomic E-state index is 4.42. The molecule has 2 fully saturated rings. The second kappa shape index (κ2) is 5.30. The van der Waals surface area contributed by atoms with Gasteiger partial charge in [0, 0.05) is 25.2 Å². The molecule has 1 atom stereocenters. The Morgan fingerprint density at radius 1 is 1.24 bits per heavy atom. The number of anilines is 1. The van der Waals surface area contributed by atoms with Gasteiger partial charge in [-0.3, -0.25) is 0 Å². The third-order valence-electron chi connectivity index (χ3n) is 4.65. The molecule has 0 bridgehead atoms. The quantitative estimate of drug-likeness (QED) is 0.935. The molecular weight excluding hydrogens is 262 g/mol. The second-order valence-electron chi connectivity index (χ2n) is 6.45. The van der Waals surface area contributed by atoms with Crippen LogP contribution in [0.5, 0.6) is 0 Å².